The summed E-state index contributed by atoms with van der Waals surface area (Å²) in [4.78, 5) is 11.8. The Labute approximate surface area is 96.9 Å². The highest BCUT2D eigenvalue weighted by molar-refractivity contribution is 5.81. The Morgan fingerprint density at radius 1 is 1.25 bits per heavy atom. The van der Waals surface area contributed by atoms with Crippen molar-refractivity contribution in [3.05, 3.63) is 0 Å². The van der Waals surface area contributed by atoms with Gasteiger partial charge in [0.15, 0.2) is 0 Å². The van der Waals surface area contributed by atoms with E-state index in [1.807, 2.05) is 0 Å². The van der Waals surface area contributed by atoms with Crippen molar-refractivity contribution >= 4 is 5.91 Å². The minimum absolute atomic E-state index is 0.0846. The van der Waals surface area contributed by atoms with Gasteiger partial charge in [-0.2, -0.15) is 0 Å². The van der Waals surface area contributed by atoms with Gasteiger partial charge in [0.25, 0.3) is 0 Å². The van der Waals surface area contributed by atoms with Gasteiger partial charge in [0.1, 0.15) is 0 Å². The molecule has 1 aliphatic heterocycles. The third-order valence-electron chi connectivity index (χ3n) is 5.27. The van der Waals surface area contributed by atoms with Crippen molar-refractivity contribution in [3.8, 4) is 0 Å². The molecule has 1 heterocycles. The Hall–Kier alpha value is -0.570. The van der Waals surface area contributed by atoms with Gasteiger partial charge in [0, 0.05) is 24.5 Å². The summed E-state index contributed by atoms with van der Waals surface area (Å²) in [7, 11) is 1.80. The SMILES string of the molecule is COC1CCC12CC(=O)NC21CCCCC1. The Morgan fingerprint density at radius 2 is 2.00 bits per heavy atom. The van der Waals surface area contributed by atoms with Crippen LogP contribution < -0.4 is 5.32 Å². The van der Waals surface area contributed by atoms with Gasteiger partial charge in [0.2, 0.25) is 5.91 Å². The molecule has 2 unspecified atom stereocenters. The number of nitrogens with one attached hydrogen (secondary N) is 1. The lowest BCUT2D eigenvalue weighted by Crippen LogP contribution is -2.63. The molecule has 2 spiro atoms. The number of amides is 1. The minimum Gasteiger partial charge on any atom is -0.381 e. The van der Waals surface area contributed by atoms with Crippen LogP contribution in [0.4, 0.5) is 0 Å². The molecule has 16 heavy (non-hydrogen) atoms. The van der Waals surface area contributed by atoms with Crippen molar-refractivity contribution in [2.45, 2.75) is 63.0 Å². The summed E-state index contributed by atoms with van der Waals surface area (Å²) in [5.41, 5.74) is 0.223. The van der Waals surface area contributed by atoms with E-state index in [9.17, 15) is 4.79 Å². The monoisotopic (exact) mass is 223 g/mol. The van der Waals surface area contributed by atoms with Crippen LogP contribution in [0, 0.1) is 5.41 Å². The smallest absolute Gasteiger partial charge is 0.221 e. The van der Waals surface area contributed by atoms with E-state index in [1.165, 1.54) is 38.5 Å². The van der Waals surface area contributed by atoms with Crippen LogP contribution in [0.5, 0.6) is 0 Å². The van der Waals surface area contributed by atoms with Crippen LogP contribution in [0.1, 0.15) is 51.4 Å². The van der Waals surface area contributed by atoms with Gasteiger partial charge < -0.3 is 10.1 Å². The van der Waals surface area contributed by atoms with Crippen molar-refractivity contribution in [1.82, 2.24) is 5.32 Å². The molecular weight excluding hydrogens is 202 g/mol. The zero-order valence-corrected chi connectivity index (χ0v) is 10.1. The molecule has 3 nitrogen and oxygen atoms in total. The van der Waals surface area contributed by atoms with Gasteiger partial charge in [-0.3, -0.25) is 4.79 Å². The summed E-state index contributed by atoms with van der Waals surface area (Å²) in [6.07, 6.45) is 9.49. The van der Waals surface area contributed by atoms with Crippen molar-refractivity contribution < 1.29 is 9.53 Å². The van der Waals surface area contributed by atoms with Crippen LogP contribution in [0.25, 0.3) is 0 Å². The predicted octanol–water partition coefficient (Wildman–Crippen LogP) is 2.00. The van der Waals surface area contributed by atoms with E-state index >= 15 is 0 Å². The minimum atomic E-state index is 0.0846. The molecule has 3 rings (SSSR count). The van der Waals surface area contributed by atoms with Crippen LogP contribution in [0.3, 0.4) is 0 Å². The van der Waals surface area contributed by atoms with Crippen LogP contribution in [0.2, 0.25) is 0 Å². The van der Waals surface area contributed by atoms with Gasteiger partial charge in [0.05, 0.1) is 6.10 Å². The number of hydrogen-bond donors (Lipinski definition) is 1. The highest BCUT2D eigenvalue weighted by Gasteiger charge is 2.65. The Balaban J connectivity index is 1.93. The maximum Gasteiger partial charge on any atom is 0.221 e. The van der Waals surface area contributed by atoms with Crippen molar-refractivity contribution in [2.24, 2.45) is 5.41 Å². The number of carbonyl (C=O) groups excluding carboxylic acids is 1. The molecule has 1 N–H and O–H groups in total. The fourth-order valence-electron chi connectivity index (χ4n) is 4.37. The molecule has 1 amide bonds. The first-order valence-corrected chi connectivity index (χ1v) is 6.56. The lowest BCUT2D eigenvalue weighted by atomic mass is 9.52. The number of carbonyl (C=O) groups is 1. The first kappa shape index (κ1) is 10.6. The molecule has 1 saturated heterocycles. The van der Waals surface area contributed by atoms with Crippen LogP contribution >= 0.6 is 0 Å². The van der Waals surface area contributed by atoms with Gasteiger partial charge in [-0.15, -0.1) is 0 Å². The fraction of sp³-hybridized carbons (Fsp3) is 0.923. The lowest BCUT2D eigenvalue weighted by molar-refractivity contribution is -0.136. The molecule has 2 atom stereocenters. The molecule has 0 radical (unpaired) electrons. The second kappa shape index (κ2) is 3.46. The summed E-state index contributed by atoms with van der Waals surface area (Å²) in [5.74, 6) is 0.253. The highest BCUT2D eigenvalue weighted by atomic mass is 16.5. The van der Waals surface area contributed by atoms with Crippen LogP contribution in [-0.4, -0.2) is 24.7 Å². The summed E-state index contributed by atoms with van der Waals surface area (Å²) in [6, 6.07) is 0. The number of fused-ring (bicyclic) bond motifs is 1. The standard InChI is InChI=1S/C13H21NO2/c1-16-10-5-8-12(10)9-11(15)14-13(12)6-3-2-4-7-13/h10H,2-9H2,1H3,(H,14,15). The second-order valence-electron chi connectivity index (χ2n) is 5.79. The first-order chi connectivity index (χ1) is 7.72. The van der Waals surface area contributed by atoms with Crippen molar-refractivity contribution in [3.63, 3.8) is 0 Å². The molecule has 0 bridgehead atoms. The number of rotatable bonds is 1. The summed E-state index contributed by atoms with van der Waals surface area (Å²) >= 11 is 0. The van der Waals surface area contributed by atoms with E-state index in [4.69, 9.17) is 4.74 Å². The highest BCUT2D eigenvalue weighted by Crippen LogP contribution is 2.60. The molecule has 3 aliphatic rings. The average molecular weight is 223 g/mol. The van der Waals surface area contributed by atoms with Crippen LogP contribution in [0.15, 0.2) is 0 Å². The van der Waals surface area contributed by atoms with E-state index in [-0.39, 0.29) is 16.9 Å². The van der Waals surface area contributed by atoms with E-state index in [1.54, 1.807) is 7.11 Å². The summed E-state index contributed by atoms with van der Waals surface area (Å²) in [6.45, 7) is 0. The number of hydrogen-bond acceptors (Lipinski definition) is 2. The van der Waals surface area contributed by atoms with E-state index in [0.717, 1.165) is 6.42 Å². The molecule has 2 aliphatic carbocycles. The predicted molar refractivity (Wildman–Crippen MR) is 61.0 cm³/mol. The Kier molecular flexibility index (Phi) is 2.29. The van der Waals surface area contributed by atoms with Gasteiger partial charge >= 0.3 is 0 Å². The molecule has 0 aromatic rings. The molecule has 3 fully saturated rings. The molecular formula is C13H21NO2. The zero-order chi connectivity index (χ0) is 11.2. The molecule has 0 aromatic carbocycles. The molecule has 3 heteroatoms. The van der Waals surface area contributed by atoms with Crippen molar-refractivity contribution in [1.29, 1.82) is 0 Å². The molecule has 90 valence electrons. The lowest BCUT2D eigenvalue weighted by Gasteiger charge is -2.57. The van der Waals surface area contributed by atoms with E-state index in [0.29, 0.717) is 12.5 Å². The molecule has 0 aromatic heterocycles. The summed E-state index contributed by atoms with van der Waals surface area (Å²) < 4.78 is 5.61. The number of methoxy groups -OCH3 is 1. The first-order valence-electron chi connectivity index (χ1n) is 6.56. The Morgan fingerprint density at radius 3 is 2.56 bits per heavy atom. The maximum absolute atomic E-state index is 11.8. The average Bonchev–Trinajstić information content (AvgIpc) is 2.53. The van der Waals surface area contributed by atoms with E-state index < -0.39 is 0 Å². The fourth-order valence-corrected chi connectivity index (χ4v) is 4.37. The second-order valence-corrected chi connectivity index (χ2v) is 5.79. The van der Waals surface area contributed by atoms with E-state index in [2.05, 4.69) is 5.32 Å². The topological polar surface area (TPSA) is 38.3 Å². The Bertz CT molecular complexity index is 299. The summed E-state index contributed by atoms with van der Waals surface area (Å²) in [5, 5.41) is 3.31. The van der Waals surface area contributed by atoms with Gasteiger partial charge in [-0.05, 0) is 25.7 Å². The third-order valence-corrected chi connectivity index (χ3v) is 5.27. The van der Waals surface area contributed by atoms with Crippen molar-refractivity contribution in [2.75, 3.05) is 7.11 Å². The molecule has 2 saturated carbocycles. The largest absolute Gasteiger partial charge is 0.381 e. The van der Waals surface area contributed by atoms with Gasteiger partial charge in [-0.25, -0.2) is 0 Å². The quantitative estimate of drug-likeness (QED) is 0.738. The maximum atomic E-state index is 11.8. The zero-order valence-electron chi connectivity index (χ0n) is 10.1. The van der Waals surface area contributed by atoms with Crippen LogP contribution in [-0.2, 0) is 9.53 Å². The number of ether oxygens (including phenoxy) is 1. The van der Waals surface area contributed by atoms with Gasteiger partial charge in [-0.1, -0.05) is 19.3 Å². The third kappa shape index (κ3) is 1.15. The normalized spacial score (nSPS) is 41.1.